The highest BCUT2D eigenvalue weighted by atomic mass is 35.5. The number of hydrogen-bond donors (Lipinski definition) is 3. The van der Waals surface area contributed by atoms with Crippen LogP contribution >= 0.6 is 11.6 Å². The summed E-state index contributed by atoms with van der Waals surface area (Å²) in [6, 6.07) is 9.80. The average Bonchev–Trinajstić information content (AvgIpc) is 3.68. The predicted octanol–water partition coefficient (Wildman–Crippen LogP) is 6.73. The number of aliphatic carboxylic acids is 1. The molecule has 0 aliphatic heterocycles. The second kappa shape index (κ2) is 13.4. The largest absolute Gasteiger partial charge is 0.573 e. The van der Waals surface area contributed by atoms with Crippen molar-refractivity contribution in [3.05, 3.63) is 89.3 Å². The normalized spacial score (nSPS) is 12.1. The maximum Gasteiger partial charge on any atom is 0.573 e. The van der Waals surface area contributed by atoms with Gasteiger partial charge in [-0.3, -0.25) is 9.59 Å². The fourth-order valence-electron chi connectivity index (χ4n) is 4.67. The summed E-state index contributed by atoms with van der Waals surface area (Å²) in [4.78, 5) is 32.0. The Morgan fingerprint density at radius 1 is 1.13 bits per heavy atom. The number of hydrogen-bond acceptors (Lipinski definition) is 8. The smallest absolute Gasteiger partial charge is 0.497 e. The number of aromatic nitrogens is 4. The number of methoxy groups -OCH3 is 1. The van der Waals surface area contributed by atoms with Gasteiger partial charge in [0.25, 0.3) is 0 Å². The number of ether oxygens (including phenoxy) is 3. The Morgan fingerprint density at radius 2 is 1.93 bits per heavy atom. The van der Waals surface area contributed by atoms with Gasteiger partial charge in [0, 0.05) is 58.0 Å². The summed E-state index contributed by atoms with van der Waals surface area (Å²) in [5, 5.41) is 16.6. The van der Waals surface area contributed by atoms with Crippen LogP contribution in [-0.2, 0) is 4.79 Å². The van der Waals surface area contributed by atoms with Gasteiger partial charge in [0.05, 0.1) is 24.9 Å². The van der Waals surface area contributed by atoms with E-state index in [0.29, 0.717) is 17.1 Å². The quantitative estimate of drug-likeness (QED) is 0.0712. The molecule has 46 heavy (non-hydrogen) atoms. The van der Waals surface area contributed by atoms with Crippen molar-refractivity contribution in [3.63, 3.8) is 0 Å². The molecule has 0 fully saturated rings. The van der Waals surface area contributed by atoms with Gasteiger partial charge in [-0.15, -0.1) is 13.2 Å². The van der Waals surface area contributed by atoms with E-state index in [1.807, 2.05) is 0 Å². The van der Waals surface area contributed by atoms with E-state index in [9.17, 15) is 27.2 Å². The molecule has 1 unspecified atom stereocenters. The number of carboxylic acid groups (broad SMARTS) is 1. The second-order valence-corrected chi connectivity index (χ2v) is 10.2. The number of carbonyl (C=O) groups is 2. The van der Waals surface area contributed by atoms with Gasteiger partial charge in [0.15, 0.2) is 17.3 Å². The SMILES string of the molecule is COc1cc(NC(C(=O)c2c[nH]c3cc(OC(F)(F)F)c(F)cc23)c2ccc(Cl)cc2OCCCC(=O)O)cc(-n2cncn2)c1. The summed E-state index contributed by atoms with van der Waals surface area (Å²) in [5.74, 6) is -3.48. The van der Waals surface area contributed by atoms with Gasteiger partial charge in [0.2, 0.25) is 0 Å². The molecule has 0 saturated carbocycles. The molecule has 3 aromatic carbocycles. The Morgan fingerprint density at radius 3 is 2.63 bits per heavy atom. The zero-order valence-electron chi connectivity index (χ0n) is 23.8. The van der Waals surface area contributed by atoms with Crippen molar-refractivity contribution in [1.82, 2.24) is 19.7 Å². The lowest BCUT2D eigenvalue weighted by atomic mass is 9.95. The van der Waals surface area contributed by atoms with E-state index in [2.05, 4.69) is 25.1 Å². The minimum atomic E-state index is -5.13. The molecule has 0 radical (unpaired) electrons. The van der Waals surface area contributed by atoms with Crippen LogP contribution in [0.3, 0.4) is 0 Å². The van der Waals surface area contributed by atoms with E-state index < -0.39 is 35.7 Å². The Balaban J connectivity index is 1.59. The number of carboxylic acids is 1. The first-order chi connectivity index (χ1) is 21.9. The molecule has 240 valence electrons. The van der Waals surface area contributed by atoms with Crippen LogP contribution in [0, 0.1) is 5.82 Å². The molecule has 0 amide bonds. The number of alkyl halides is 3. The van der Waals surface area contributed by atoms with Gasteiger partial charge in [-0.25, -0.2) is 14.1 Å². The van der Waals surface area contributed by atoms with Crippen LogP contribution in [0.25, 0.3) is 16.6 Å². The van der Waals surface area contributed by atoms with Gasteiger partial charge >= 0.3 is 12.3 Å². The fraction of sp³-hybridized carbons (Fsp3) is 0.200. The number of nitrogens with one attached hydrogen (secondary N) is 2. The maximum atomic E-state index is 14.8. The van der Waals surface area contributed by atoms with Crippen LogP contribution in [-0.4, -0.2) is 56.7 Å². The highest BCUT2D eigenvalue weighted by Crippen LogP contribution is 2.37. The number of anilines is 1. The minimum absolute atomic E-state index is 0.00402. The van der Waals surface area contributed by atoms with Gasteiger partial charge < -0.3 is 29.6 Å². The van der Waals surface area contributed by atoms with E-state index in [0.717, 1.165) is 12.1 Å². The molecule has 3 N–H and O–H groups in total. The molecular formula is C30H24ClF4N5O6. The van der Waals surface area contributed by atoms with Crippen molar-refractivity contribution < 1.29 is 46.5 Å². The third kappa shape index (κ3) is 7.48. The molecule has 16 heteroatoms. The number of carbonyl (C=O) groups excluding carboxylic acids is 1. The van der Waals surface area contributed by atoms with Gasteiger partial charge in [0.1, 0.15) is 30.2 Å². The number of fused-ring (bicyclic) bond motifs is 1. The molecule has 0 saturated heterocycles. The molecule has 2 aromatic heterocycles. The molecule has 1 atom stereocenters. The van der Waals surface area contributed by atoms with Gasteiger partial charge in [-0.2, -0.15) is 5.10 Å². The van der Waals surface area contributed by atoms with Crippen molar-refractivity contribution in [3.8, 4) is 22.9 Å². The van der Waals surface area contributed by atoms with Crippen molar-refractivity contribution in [2.75, 3.05) is 19.0 Å². The first-order valence-electron chi connectivity index (χ1n) is 13.5. The summed E-state index contributed by atoms with van der Waals surface area (Å²) < 4.78 is 69.8. The first kappa shape index (κ1) is 32.1. The number of halogens is 5. The Bertz CT molecular complexity index is 1880. The molecule has 0 aliphatic carbocycles. The van der Waals surface area contributed by atoms with Gasteiger partial charge in [-0.05, 0) is 30.7 Å². The number of H-pyrrole nitrogens is 1. The summed E-state index contributed by atoms with van der Waals surface area (Å²) >= 11 is 6.25. The van der Waals surface area contributed by atoms with Crippen molar-refractivity contribution in [1.29, 1.82) is 0 Å². The zero-order valence-corrected chi connectivity index (χ0v) is 24.5. The van der Waals surface area contributed by atoms with Crippen LogP contribution in [0.5, 0.6) is 17.2 Å². The lowest BCUT2D eigenvalue weighted by Crippen LogP contribution is -2.22. The van der Waals surface area contributed by atoms with Crippen LogP contribution in [0.1, 0.15) is 34.8 Å². The predicted molar refractivity (Wildman–Crippen MR) is 157 cm³/mol. The second-order valence-electron chi connectivity index (χ2n) is 9.81. The topological polar surface area (TPSA) is 141 Å². The summed E-state index contributed by atoms with van der Waals surface area (Å²) in [6.07, 6.45) is -1.09. The molecule has 11 nitrogen and oxygen atoms in total. The van der Waals surface area contributed by atoms with Crippen molar-refractivity contribution in [2.24, 2.45) is 0 Å². The molecule has 5 rings (SSSR count). The number of rotatable bonds is 13. The average molecular weight is 662 g/mol. The lowest BCUT2D eigenvalue weighted by molar-refractivity contribution is -0.275. The Hall–Kier alpha value is -5.31. The monoisotopic (exact) mass is 661 g/mol. The first-order valence-corrected chi connectivity index (χ1v) is 13.8. The molecule has 0 aliphatic rings. The Labute approximate surface area is 262 Å². The summed E-state index contributed by atoms with van der Waals surface area (Å²) in [7, 11) is 1.45. The fourth-order valence-corrected chi connectivity index (χ4v) is 4.83. The Kier molecular flexibility index (Phi) is 9.32. The molecule has 2 heterocycles. The van der Waals surface area contributed by atoms with Crippen LogP contribution < -0.4 is 19.5 Å². The number of Topliss-reactive ketones (excluding diaryl/α,β-unsaturated/α-hetero) is 1. The number of ketones is 1. The van der Waals surface area contributed by atoms with E-state index in [1.165, 1.54) is 48.8 Å². The number of nitrogens with zero attached hydrogens (tertiary/aromatic N) is 3. The van der Waals surface area contributed by atoms with Gasteiger partial charge in [-0.1, -0.05) is 17.7 Å². The maximum absolute atomic E-state index is 14.8. The lowest BCUT2D eigenvalue weighted by Gasteiger charge is -2.23. The van der Waals surface area contributed by atoms with Crippen molar-refractivity contribution >= 4 is 39.9 Å². The summed E-state index contributed by atoms with van der Waals surface area (Å²) in [5.41, 5.74) is 1.14. The third-order valence-corrected chi connectivity index (χ3v) is 6.92. The van der Waals surface area contributed by atoms with Crippen molar-refractivity contribution in [2.45, 2.75) is 25.2 Å². The molecule has 0 bridgehead atoms. The standard InChI is InChI=1S/C30H24ClF4N5O6/c1-44-19-9-17(8-18(10-19)40-15-36-14-38-40)39-28(20-5-4-16(31)7-25(20)45-6-2-3-27(41)42)29(43)22-13-37-24-12-26(46-30(33,34)35)23(32)11-21(22)24/h4-5,7-15,28,37,39H,2-3,6H2,1H3,(H,41,42). The number of aromatic amines is 1. The summed E-state index contributed by atoms with van der Waals surface area (Å²) in [6.45, 7) is -0.0174. The molecule has 0 spiro atoms. The zero-order chi connectivity index (χ0) is 33.0. The molecular weight excluding hydrogens is 638 g/mol. The van der Waals surface area contributed by atoms with E-state index in [-0.39, 0.29) is 52.3 Å². The highest BCUT2D eigenvalue weighted by molar-refractivity contribution is 6.30. The molecule has 5 aromatic rings. The van der Waals surface area contributed by atoms with Crippen LogP contribution in [0.15, 0.2) is 67.4 Å². The van der Waals surface area contributed by atoms with E-state index >= 15 is 0 Å². The van der Waals surface area contributed by atoms with E-state index in [4.69, 9.17) is 26.2 Å². The minimum Gasteiger partial charge on any atom is -0.497 e. The van der Waals surface area contributed by atoms with Crippen LogP contribution in [0.4, 0.5) is 23.2 Å². The highest BCUT2D eigenvalue weighted by Gasteiger charge is 2.33. The third-order valence-electron chi connectivity index (χ3n) is 6.69. The number of benzene rings is 3. The van der Waals surface area contributed by atoms with E-state index in [1.54, 1.807) is 18.2 Å². The van der Waals surface area contributed by atoms with Crippen LogP contribution in [0.2, 0.25) is 5.02 Å².